The van der Waals surface area contributed by atoms with Crippen LogP contribution in [0, 0.1) is 5.92 Å². The molecule has 21 heavy (non-hydrogen) atoms. The second-order valence-electron chi connectivity index (χ2n) is 6.20. The van der Waals surface area contributed by atoms with E-state index < -0.39 is 6.09 Å². The highest BCUT2D eigenvalue weighted by molar-refractivity contribution is 5.72. The molecule has 112 valence electrons. The fourth-order valence-corrected chi connectivity index (χ4v) is 3.81. The summed E-state index contributed by atoms with van der Waals surface area (Å²) in [6.07, 6.45) is 8.33. The molecule has 2 aliphatic rings. The highest BCUT2D eigenvalue weighted by Crippen LogP contribution is 2.36. The van der Waals surface area contributed by atoms with Crippen molar-refractivity contribution in [1.29, 1.82) is 0 Å². The molecule has 0 spiro atoms. The van der Waals surface area contributed by atoms with Gasteiger partial charge in [-0.1, -0.05) is 55.7 Å². The van der Waals surface area contributed by atoms with E-state index in [1.807, 2.05) is 6.07 Å². The zero-order chi connectivity index (χ0) is 14.7. The molecule has 0 bridgehead atoms. The van der Waals surface area contributed by atoms with E-state index >= 15 is 0 Å². The van der Waals surface area contributed by atoms with Gasteiger partial charge >= 0.3 is 6.09 Å². The fraction of sp³-hybridized carbons (Fsp3) is 0.500. The quantitative estimate of drug-likeness (QED) is 0.874. The molecule has 1 N–H and O–H groups in total. The third-order valence-electron chi connectivity index (χ3n) is 4.95. The van der Waals surface area contributed by atoms with Crippen molar-refractivity contribution in [2.45, 2.75) is 44.6 Å². The molecule has 1 aliphatic carbocycles. The maximum atomic E-state index is 11.5. The summed E-state index contributed by atoms with van der Waals surface area (Å²) in [4.78, 5) is 13.2. The van der Waals surface area contributed by atoms with Gasteiger partial charge in [-0.2, -0.15) is 0 Å². The van der Waals surface area contributed by atoms with Gasteiger partial charge in [-0.15, -0.1) is 0 Å². The Morgan fingerprint density at radius 1 is 1.10 bits per heavy atom. The van der Waals surface area contributed by atoms with Crippen LogP contribution in [0.2, 0.25) is 0 Å². The van der Waals surface area contributed by atoms with Gasteiger partial charge in [0.25, 0.3) is 0 Å². The Balaban J connectivity index is 1.82. The first-order valence-electron chi connectivity index (χ1n) is 8.00. The van der Waals surface area contributed by atoms with E-state index in [0.29, 0.717) is 12.5 Å². The Hall–Kier alpha value is -1.77. The van der Waals surface area contributed by atoms with Gasteiger partial charge in [-0.05, 0) is 36.3 Å². The fourth-order valence-electron chi connectivity index (χ4n) is 3.81. The number of amides is 1. The van der Waals surface area contributed by atoms with Crippen molar-refractivity contribution in [2.24, 2.45) is 5.92 Å². The molecule has 1 fully saturated rings. The average molecular weight is 285 g/mol. The third-order valence-corrected chi connectivity index (χ3v) is 4.95. The normalized spacial score (nSPS) is 23.7. The molecule has 1 aromatic carbocycles. The standard InChI is InChI=1S/C18H23NO2/c20-18(21)19-12-11-16(14-7-3-1-4-8-14)13-17(19)15-9-5-2-6-10-15/h1,3-4,7-8,11,15,17H,2,5-6,9-10,12-13H2,(H,20,21). The first kappa shape index (κ1) is 14.2. The number of carboxylic acid groups (broad SMARTS) is 1. The van der Waals surface area contributed by atoms with Crippen molar-refractivity contribution < 1.29 is 9.90 Å². The second kappa shape index (κ2) is 6.33. The summed E-state index contributed by atoms with van der Waals surface area (Å²) in [7, 11) is 0. The molecule has 1 aromatic rings. The van der Waals surface area contributed by atoms with E-state index in [0.717, 1.165) is 6.42 Å². The maximum absolute atomic E-state index is 11.5. The zero-order valence-electron chi connectivity index (χ0n) is 12.4. The molecule has 0 aromatic heterocycles. The molecule has 0 saturated heterocycles. The van der Waals surface area contributed by atoms with Crippen LogP contribution in [0.15, 0.2) is 36.4 Å². The lowest BCUT2D eigenvalue weighted by atomic mass is 9.79. The minimum Gasteiger partial charge on any atom is -0.465 e. The molecule has 1 saturated carbocycles. The highest BCUT2D eigenvalue weighted by atomic mass is 16.4. The van der Waals surface area contributed by atoms with Gasteiger partial charge in [0.05, 0.1) is 0 Å². The predicted octanol–water partition coefficient (Wildman–Crippen LogP) is 4.40. The van der Waals surface area contributed by atoms with Crippen LogP contribution < -0.4 is 0 Å². The van der Waals surface area contributed by atoms with E-state index in [1.165, 1.54) is 43.2 Å². The van der Waals surface area contributed by atoms with Gasteiger partial charge in [-0.3, -0.25) is 0 Å². The van der Waals surface area contributed by atoms with E-state index in [2.05, 4.69) is 30.3 Å². The third kappa shape index (κ3) is 3.12. The molecule has 1 atom stereocenters. The Morgan fingerprint density at radius 2 is 1.81 bits per heavy atom. The minimum absolute atomic E-state index is 0.156. The summed E-state index contributed by atoms with van der Waals surface area (Å²) >= 11 is 0. The van der Waals surface area contributed by atoms with Crippen LogP contribution in [-0.2, 0) is 0 Å². The van der Waals surface area contributed by atoms with E-state index in [1.54, 1.807) is 4.90 Å². The number of nitrogens with zero attached hydrogens (tertiary/aromatic N) is 1. The van der Waals surface area contributed by atoms with Gasteiger partial charge in [0.2, 0.25) is 0 Å². The lowest BCUT2D eigenvalue weighted by Crippen LogP contribution is -2.46. The summed E-state index contributed by atoms with van der Waals surface area (Å²) in [6, 6.07) is 10.5. The Kier molecular flexibility index (Phi) is 4.28. The number of hydrogen-bond donors (Lipinski definition) is 1. The maximum Gasteiger partial charge on any atom is 0.407 e. The van der Waals surface area contributed by atoms with Crippen LogP contribution in [0.4, 0.5) is 4.79 Å². The SMILES string of the molecule is O=C(O)N1CC=C(c2ccccc2)CC1C1CCCCC1. The number of hydrogen-bond acceptors (Lipinski definition) is 1. The number of benzene rings is 1. The van der Waals surface area contributed by atoms with Crippen LogP contribution in [0.25, 0.3) is 5.57 Å². The highest BCUT2D eigenvalue weighted by Gasteiger charge is 2.34. The molecule has 3 rings (SSSR count). The predicted molar refractivity (Wildman–Crippen MR) is 84.1 cm³/mol. The van der Waals surface area contributed by atoms with E-state index in [4.69, 9.17) is 0 Å². The van der Waals surface area contributed by atoms with E-state index in [9.17, 15) is 9.90 Å². The summed E-state index contributed by atoms with van der Waals surface area (Å²) in [5.74, 6) is 0.530. The number of carbonyl (C=O) groups is 1. The van der Waals surface area contributed by atoms with Gasteiger partial charge < -0.3 is 10.0 Å². The monoisotopic (exact) mass is 285 g/mol. The Labute approximate surface area is 126 Å². The number of rotatable bonds is 2. The van der Waals surface area contributed by atoms with Crippen molar-refractivity contribution in [3.8, 4) is 0 Å². The van der Waals surface area contributed by atoms with Crippen molar-refractivity contribution >= 4 is 11.7 Å². The summed E-state index contributed by atoms with van der Waals surface area (Å²) in [6.45, 7) is 0.528. The van der Waals surface area contributed by atoms with E-state index in [-0.39, 0.29) is 6.04 Å². The van der Waals surface area contributed by atoms with Crippen LogP contribution in [-0.4, -0.2) is 28.7 Å². The van der Waals surface area contributed by atoms with Gasteiger partial charge in [0.1, 0.15) is 0 Å². The van der Waals surface area contributed by atoms with Crippen LogP contribution in [0.5, 0.6) is 0 Å². The average Bonchev–Trinajstić information content (AvgIpc) is 2.56. The summed E-state index contributed by atoms with van der Waals surface area (Å²) < 4.78 is 0. The molecule has 3 nitrogen and oxygen atoms in total. The molecule has 1 aliphatic heterocycles. The first-order valence-corrected chi connectivity index (χ1v) is 8.00. The smallest absolute Gasteiger partial charge is 0.407 e. The zero-order valence-corrected chi connectivity index (χ0v) is 12.4. The lowest BCUT2D eigenvalue weighted by molar-refractivity contribution is 0.0990. The van der Waals surface area contributed by atoms with Gasteiger partial charge in [0, 0.05) is 12.6 Å². The minimum atomic E-state index is -0.770. The topological polar surface area (TPSA) is 40.5 Å². The Morgan fingerprint density at radius 3 is 2.48 bits per heavy atom. The molecule has 0 radical (unpaired) electrons. The molecular weight excluding hydrogens is 262 g/mol. The summed E-state index contributed by atoms with van der Waals surface area (Å²) in [5, 5.41) is 9.49. The van der Waals surface area contributed by atoms with Crippen molar-refractivity contribution in [1.82, 2.24) is 4.90 Å². The lowest BCUT2D eigenvalue weighted by Gasteiger charge is -2.40. The molecule has 3 heteroatoms. The van der Waals surface area contributed by atoms with Crippen molar-refractivity contribution in [2.75, 3.05) is 6.54 Å². The molecular formula is C18H23NO2. The molecule has 1 unspecified atom stereocenters. The molecule has 1 heterocycles. The molecule has 1 amide bonds. The van der Waals surface area contributed by atoms with Crippen LogP contribution in [0.3, 0.4) is 0 Å². The van der Waals surface area contributed by atoms with Gasteiger partial charge in [-0.25, -0.2) is 4.79 Å². The van der Waals surface area contributed by atoms with Gasteiger partial charge in [0.15, 0.2) is 0 Å². The second-order valence-corrected chi connectivity index (χ2v) is 6.20. The van der Waals surface area contributed by atoms with Crippen molar-refractivity contribution in [3.63, 3.8) is 0 Å². The first-order chi connectivity index (χ1) is 10.3. The van der Waals surface area contributed by atoms with Crippen LogP contribution in [0.1, 0.15) is 44.1 Å². The largest absolute Gasteiger partial charge is 0.465 e. The Bertz CT molecular complexity index is 517. The van der Waals surface area contributed by atoms with Crippen molar-refractivity contribution in [3.05, 3.63) is 42.0 Å². The summed E-state index contributed by atoms with van der Waals surface area (Å²) in [5.41, 5.74) is 2.55. The van der Waals surface area contributed by atoms with Crippen LogP contribution >= 0.6 is 0 Å².